The van der Waals surface area contributed by atoms with Crippen LogP contribution < -0.4 is 4.74 Å². The van der Waals surface area contributed by atoms with Crippen LogP contribution in [0.2, 0.25) is 0 Å². The van der Waals surface area contributed by atoms with Gasteiger partial charge in [-0.05, 0) is 46.4 Å². The van der Waals surface area contributed by atoms with E-state index in [4.69, 9.17) is 9.47 Å². The van der Waals surface area contributed by atoms with Gasteiger partial charge >= 0.3 is 5.97 Å². The molecule has 2 aliphatic rings. The monoisotopic (exact) mass is 367 g/mol. The maximum atomic E-state index is 12.9. The van der Waals surface area contributed by atoms with Gasteiger partial charge in [0.1, 0.15) is 29.3 Å². The van der Waals surface area contributed by atoms with Crippen LogP contribution in [0.25, 0.3) is 16.8 Å². The van der Waals surface area contributed by atoms with E-state index in [-0.39, 0.29) is 17.4 Å². The van der Waals surface area contributed by atoms with Gasteiger partial charge < -0.3 is 19.5 Å². The van der Waals surface area contributed by atoms with Gasteiger partial charge in [-0.3, -0.25) is 0 Å². The van der Waals surface area contributed by atoms with Crippen LogP contribution in [0, 0.1) is 0 Å². The van der Waals surface area contributed by atoms with Crippen LogP contribution in [0.4, 0.5) is 0 Å². The smallest absolute Gasteiger partial charge is 0.342 e. The molecule has 5 heteroatoms. The van der Waals surface area contributed by atoms with E-state index in [1.54, 1.807) is 6.07 Å². The number of hydrogen-bond acceptors (Lipinski definition) is 5. The van der Waals surface area contributed by atoms with Gasteiger partial charge in [-0.2, -0.15) is 0 Å². The number of rotatable bonds is 3. The SMILES string of the molecule is CN1CCC[C@@H]1COC(=O)c1c2c(c3ccccc3c1O)OC(C)(C)C=C2. The van der Waals surface area contributed by atoms with Crippen LogP contribution in [0.5, 0.6) is 11.5 Å². The average molecular weight is 367 g/mol. The molecule has 1 fully saturated rings. The highest BCUT2D eigenvalue weighted by Crippen LogP contribution is 2.44. The number of aromatic hydroxyl groups is 1. The number of likely N-dealkylation sites (N-methyl/N-ethyl adjacent to an activating group) is 1. The van der Waals surface area contributed by atoms with Crippen LogP contribution in [0.3, 0.4) is 0 Å². The zero-order valence-electron chi connectivity index (χ0n) is 16.0. The molecule has 0 saturated carbocycles. The number of benzene rings is 2. The zero-order chi connectivity index (χ0) is 19.2. The molecule has 0 bridgehead atoms. The fourth-order valence-corrected chi connectivity index (χ4v) is 3.90. The lowest BCUT2D eigenvalue weighted by atomic mass is 9.93. The fourth-order valence-electron chi connectivity index (χ4n) is 3.90. The number of fused-ring (bicyclic) bond motifs is 3. The lowest BCUT2D eigenvalue weighted by molar-refractivity contribution is 0.0411. The van der Waals surface area contributed by atoms with Crippen LogP contribution in [0.15, 0.2) is 30.3 Å². The summed E-state index contributed by atoms with van der Waals surface area (Å²) < 4.78 is 11.8. The highest BCUT2D eigenvalue weighted by molar-refractivity contribution is 6.08. The van der Waals surface area contributed by atoms with Crippen LogP contribution in [-0.4, -0.2) is 47.8 Å². The molecule has 0 unspecified atom stereocenters. The van der Waals surface area contributed by atoms with Crippen LogP contribution in [-0.2, 0) is 4.74 Å². The first-order chi connectivity index (χ1) is 12.9. The van der Waals surface area contributed by atoms with Gasteiger partial charge in [0.25, 0.3) is 0 Å². The molecule has 0 radical (unpaired) electrons. The van der Waals surface area contributed by atoms with Crippen molar-refractivity contribution in [1.29, 1.82) is 0 Å². The summed E-state index contributed by atoms with van der Waals surface area (Å²) in [6.45, 7) is 5.26. The number of esters is 1. The summed E-state index contributed by atoms with van der Waals surface area (Å²) in [7, 11) is 2.04. The van der Waals surface area contributed by atoms with E-state index in [0.717, 1.165) is 24.8 Å². The molecule has 27 heavy (non-hydrogen) atoms. The summed E-state index contributed by atoms with van der Waals surface area (Å²) in [5.74, 6) is 0.0469. The van der Waals surface area contributed by atoms with Crippen LogP contribution in [0.1, 0.15) is 42.6 Å². The number of carbonyl (C=O) groups excluding carboxylic acids is 1. The summed E-state index contributed by atoms with van der Waals surface area (Å²) in [5.41, 5.74) is 0.270. The van der Waals surface area contributed by atoms with Crippen molar-refractivity contribution in [3.63, 3.8) is 0 Å². The van der Waals surface area contributed by atoms with E-state index in [0.29, 0.717) is 23.3 Å². The van der Waals surface area contributed by atoms with E-state index in [9.17, 15) is 9.90 Å². The molecule has 2 aliphatic heterocycles. The maximum Gasteiger partial charge on any atom is 0.342 e. The molecule has 1 saturated heterocycles. The van der Waals surface area contributed by atoms with Gasteiger partial charge in [-0.15, -0.1) is 0 Å². The highest BCUT2D eigenvalue weighted by Gasteiger charge is 2.31. The van der Waals surface area contributed by atoms with Crippen molar-refractivity contribution in [3.8, 4) is 11.5 Å². The summed E-state index contributed by atoms with van der Waals surface area (Å²) in [6, 6.07) is 7.65. The Balaban J connectivity index is 1.76. The molecule has 0 aromatic heterocycles. The Bertz CT molecular complexity index is 932. The molecule has 2 aromatic carbocycles. The molecule has 0 spiro atoms. The molecule has 1 atom stereocenters. The lowest BCUT2D eigenvalue weighted by Crippen LogP contribution is -2.31. The van der Waals surface area contributed by atoms with E-state index in [1.807, 2.05) is 51.2 Å². The van der Waals surface area contributed by atoms with Crippen molar-refractivity contribution in [2.24, 2.45) is 0 Å². The number of hydrogen-bond donors (Lipinski definition) is 1. The molecule has 0 aliphatic carbocycles. The molecular weight excluding hydrogens is 342 g/mol. The van der Waals surface area contributed by atoms with Crippen molar-refractivity contribution >= 4 is 22.8 Å². The van der Waals surface area contributed by atoms with Crippen molar-refractivity contribution in [2.45, 2.75) is 38.3 Å². The van der Waals surface area contributed by atoms with E-state index in [2.05, 4.69) is 4.90 Å². The minimum Gasteiger partial charge on any atom is -0.506 e. The number of likely N-dealkylation sites (tertiary alicyclic amines) is 1. The Morgan fingerprint density at radius 3 is 2.78 bits per heavy atom. The first-order valence-electron chi connectivity index (χ1n) is 9.40. The van der Waals surface area contributed by atoms with Gasteiger partial charge in [-0.1, -0.05) is 30.3 Å². The summed E-state index contributed by atoms with van der Waals surface area (Å²) in [6.07, 6.45) is 5.87. The van der Waals surface area contributed by atoms with Crippen molar-refractivity contribution in [1.82, 2.24) is 4.90 Å². The highest BCUT2D eigenvalue weighted by atomic mass is 16.5. The predicted octanol–water partition coefficient (Wildman–Crippen LogP) is 3.98. The molecule has 0 amide bonds. The second-order valence-corrected chi connectivity index (χ2v) is 7.93. The van der Waals surface area contributed by atoms with Crippen molar-refractivity contribution in [2.75, 3.05) is 20.2 Å². The Morgan fingerprint density at radius 2 is 2.07 bits per heavy atom. The van der Waals surface area contributed by atoms with Gasteiger partial charge in [0.2, 0.25) is 0 Å². The third-order valence-electron chi connectivity index (χ3n) is 5.48. The standard InChI is InChI=1S/C22H25NO4/c1-22(2)11-10-17-18(21(25)26-13-14-7-6-12-23(14)3)19(24)15-8-4-5-9-16(15)20(17)27-22/h4-5,8-11,14,24H,6-7,12-13H2,1-3H3/t14-/m1/s1. The number of nitrogens with zero attached hydrogens (tertiary/aromatic N) is 1. The Kier molecular flexibility index (Phi) is 4.35. The quantitative estimate of drug-likeness (QED) is 0.832. The zero-order valence-corrected chi connectivity index (χ0v) is 16.0. The second kappa shape index (κ2) is 6.57. The maximum absolute atomic E-state index is 12.9. The number of carbonyl (C=O) groups is 1. The average Bonchev–Trinajstić information content (AvgIpc) is 3.05. The number of phenols is 1. The first kappa shape index (κ1) is 17.9. The Morgan fingerprint density at radius 1 is 1.33 bits per heavy atom. The summed E-state index contributed by atoms with van der Waals surface area (Å²) >= 11 is 0. The van der Waals surface area contributed by atoms with Gasteiger partial charge in [0.15, 0.2) is 0 Å². The molecule has 4 rings (SSSR count). The largest absolute Gasteiger partial charge is 0.506 e. The number of phenolic OH excluding ortho intramolecular Hbond substituents is 1. The summed E-state index contributed by atoms with van der Waals surface area (Å²) in [5, 5.41) is 12.2. The van der Waals surface area contributed by atoms with Gasteiger partial charge in [0, 0.05) is 22.4 Å². The Labute approximate surface area is 159 Å². The van der Waals surface area contributed by atoms with Crippen molar-refractivity contribution in [3.05, 3.63) is 41.5 Å². The van der Waals surface area contributed by atoms with E-state index < -0.39 is 11.6 Å². The minimum atomic E-state index is -0.511. The van der Waals surface area contributed by atoms with Gasteiger partial charge in [-0.25, -0.2) is 4.79 Å². The third kappa shape index (κ3) is 3.16. The van der Waals surface area contributed by atoms with E-state index >= 15 is 0 Å². The molecule has 142 valence electrons. The fraction of sp³-hybridized carbons (Fsp3) is 0.409. The van der Waals surface area contributed by atoms with E-state index in [1.165, 1.54) is 0 Å². The Hall–Kier alpha value is -2.53. The topological polar surface area (TPSA) is 59.0 Å². The molecule has 5 nitrogen and oxygen atoms in total. The first-order valence-corrected chi connectivity index (χ1v) is 9.40. The predicted molar refractivity (Wildman–Crippen MR) is 105 cm³/mol. The normalized spacial score (nSPS) is 21.1. The minimum absolute atomic E-state index is 0.0536. The molecular formula is C22H25NO4. The molecule has 2 aromatic rings. The summed E-state index contributed by atoms with van der Waals surface area (Å²) in [4.78, 5) is 15.1. The van der Waals surface area contributed by atoms with Crippen LogP contribution >= 0.6 is 0 Å². The second-order valence-electron chi connectivity index (χ2n) is 7.93. The molecule has 2 heterocycles. The van der Waals surface area contributed by atoms with Crippen molar-refractivity contribution < 1.29 is 19.4 Å². The van der Waals surface area contributed by atoms with Gasteiger partial charge in [0.05, 0.1) is 0 Å². The molecule has 1 N–H and O–H groups in total. The lowest BCUT2D eigenvalue weighted by Gasteiger charge is -2.30. The number of ether oxygens (including phenoxy) is 2. The third-order valence-corrected chi connectivity index (χ3v) is 5.48.